The molecule has 1 aliphatic heterocycles. The van der Waals surface area contributed by atoms with Crippen molar-refractivity contribution in [2.45, 2.75) is 24.1 Å². The average Bonchev–Trinajstić information content (AvgIpc) is 3.05. The first-order valence-electron chi connectivity index (χ1n) is 8.06. The Morgan fingerprint density at radius 1 is 1.50 bits per heavy atom. The summed E-state index contributed by atoms with van der Waals surface area (Å²) in [6, 6.07) is 4.23. The molecule has 1 aliphatic carbocycles. The van der Waals surface area contributed by atoms with Gasteiger partial charge in [0, 0.05) is 22.0 Å². The molecular formula is C15H17FN6O3S. The summed E-state index contributed by atoms with van der Waals surface area (Å²) in [6.07, 6.45) is 1.33. The van der Waals surface area contributed by atoms with Crippen LogP contribution in [0.1, 0.15) is 29.3 Å². The normalized spacial score (nSPS) is 27.2. The van der Waals surface area contributed by atoms with Gasteiger partial charge in [0.25, 0.3) is 0 Å². The number of halogens is 1. The largest absolute Gasteiger partial charge is 0.364 e. The lowest BCUT2D eigenvalue weighted by Gasteiger charge is -2.29. The molecule has 1 aromatic heterocycles. The van der Waals surface area contributed by atoms with Gasteiger partial charge < -0.3 is 5.32 Å². The van der Waals surface area contributed by atoms with Crippen LogP contribution in [0.3, 0.4) is 0 Å². The minimum atomic E-state index is -2.54. The molecule has 2 aromatic rings. The van der Waals surface area contributed by atoms with Crippen molar-refractivity contribution in [3.05, 3.63) is 40.8 Å². The number of anilines is 1. The molecule has 1 saturated heterocycles. The fourth-order valence-electron chi connectivity index (χ4n) is 3.07. The Morgan fingerprint density at radius 3 is 3.04 bits per heavy atom. The van der Waals surface area contributed by atoms with E-state index in [2.05, 4.69) is 20.6 Å². The number of hydrogen-bond donors (Lipinski definition) is 4. The van der Waals surface area contributed by atoms with Gasteiger partial charge in [-0.1, -0.05) is 6.07 Å². The maximum absolute atomic E-state index is 13.4. The number of benzene rings is 1. The molecule has 138 valence electrons. The molecule has 1 aromatic carbocycles. The van der Waals surface area contributed by atoms with Crippen LogP contribution in [0.25, 0.3) is 0 Å². The number of hydroxylamine groups is 1. The summed E-state index contributed by atoms with van der Waals surface area (Å²) in [5, 5.41) is 19.6. The summed E-state index contributed by atoms with van der Waals surface area (Å²) in [5.74, 6) is 0.332. The molecule has 0 saturated carbocycles. The number of nitrogens with zero attached hydrogens (tertiary/aromatic N) is 3. The molecule has 2 aliphatic rings. The zero-order chi connectivity index (χ0) is 18.3. The van der Waals surface area contributed by atoms with E-state index in [0.717, 1.165) is 11.1 Å². The molecule has 0 bridgehead atoms. The Bertz CT molecular complexity index is 974. The van der Waals surface area contributed by atoms with Crippen LogP contribution < -0.4 is 10.8 Å². The minimum Gasteiger partial charge on any atom is -0.364 e. The molecule has 0 amide bonds. The van der Waals surface area contributed by atoms with Crippen LogP contribution in [0, 0.1) is 10.6 Å². The highest BCUT2D eigenvalue weighted by Gasteiger charge is 2.32. The van der Waals surface area contributed by atoms with Crippen LogP contribution >= 0.6 is 0 Å². The average molecular weight is 380 g/mol. The summed E-state index contributed by atoms with van der Waals surface area (Å²) in [6.45, 7) is 0.291. The number of rotatable bonds is 5. The molecule has 0 spiro atoms. The fourth-order valence-corrected chi connectivity index (χ4v) is 4.42. The Morgan fingerprint density at radius 2 is 2.35 bits per heavy atom. The van der Waals surface area contributed by atoms with E-state index in [4.69, 9.17) is 9.41 Å². The molecule has 1 fully saturated rings. The highest BCUT2D eigenvalue weighted by Crippen LogP contribution is 2.37. The smallest absolute Gasteiger partial charge is 0.202 e. The van der Waals surface area contributed by atoms with Crippen molar-refractivity contribution in [2.75, 3.05) is 17.6 Å². The van der Waals surface area contributed by atoms with Crippen molar-refractivity contribution >= 4 is 21.4 Å². The van der Waals surface area contributed by atoms with E-state index in [1.807, 2.05) is 5.48 Å². The van der Waals surface area contributed by atoms with Crippen molar-refractivity contribution in [2.24, 2.45) is 4.99 Å². The fraction of sp³-hybridized carbons (Fsp3) is 0.400. The molecule has 11 heteroatoms. The Balaban J connectivity index is 1.52. The molecule has 4 rings (SSSR count). The van der Waals surface area contributed by atoms with Crippen molar-refractivity contribution in [1.29, 1.82) is 4.78 Å². The first-order chi connectivity index (χ1) is 12.5. The Labute approximate surface area is 148 Å². The van der Waals surface area contributed by atoms with Gasteiger partial charge in [0.2, 0.25) is 5.82 Å². The van der Waals surface area contributed by atoms with Crippen LogP contribution in [0.15, 0.2) is 27.8 Å². The van der Waals surface area contributed by atoms with Gasteiger partial charge in [-0.25, -0.2) is 13.2 Å². The number of aromatic nitrogens is 2. The van der Waals surface area contributed by atoms with Crippen molar-refractivity contribution in [1.82, 2.24) is 15.8 Å². The van der Waals surface area contributed by atoms with E-state index in [1.54, 1.807) is 6.07 Å². The summed E-state index contributed by atoms with van der Waals surface area (Å²) in [4.78, 5) is 4.37. The lowest BCUT2D eigenvalue weighted by Crippen LogP contribution is -2.40. The van der Waals surface area contributed by atoms with Gasteiger partial charge in [-0.3, -0.25) is 20.5 Å². The lowest BCUT2D eigenvalue weighted by molar-refractivity contribution is 0.232. The van der Waals surface area contributed by atoms with Gasteiger partial charge in [-0.15, -0.1) is 0 Å². The van der Waals surface area contributed by atoms with E-state index < -0.39 is 9.73 Å². The van der Waals surface area contributed by atoms with Crippen LogP contribution in [-0.2, 0) is 16.1 Å². The summed E-state index contributed by atoms with van der Waals surface area (Å²) in [7, 11) is -2.54. The second kappa shape index (κ2) is 6.32. The van der Waals surface area contributed by atoms with E-state index in [1.165, 1.54) is 12.1 Å². The van der Waals surface area contributed by atoms with Crippen LogP contribution in [0.2, 0.25) is 0 Å². The van der Waals surface area contributed by atoms with E-state index >= 15 is 0 Å². The van der Waals surface area contributed by atoms with Gasteiger partial charge >= 0.3 is 0 Å². The molecular weight excluding hydrogens is 363 g/mol. The minimum absolute atomic E-state index is 0.0360. The van der Waals surface area contributed by atoms with Crippen molar-refractivity contribution in [3.8, 4) is 0 Å². The number of fused-ring (bicyclic) bond motifs is 1. The SMILES string of the molecule is N=S1(=O)CC[C@@H]1CNc1nonc1C(=N[C@H]1Cc2ccc(F)cc21)NO. The number of aliphatic imine (C=N–C) groups is 1. The van der Waals surface area contributed by atoms with Gasteiger partial charge in [0.15, 0.2) is 11.5 Å². The molecule has 26 heavy (non-hydrogen) atoms. The number of hydrogen-bond acceptors (Lipinski definition) is 8. The second-order valence-electron chi connectivity index (χ2n) is 6.34. The third-order valence-corrected chi connectivity index (χ3v) is 7.08. The van der Waals surface area contributed by atoms with Gasteiger partial charge in [0.1, 0.15) is 5.82 Å². The molecule has 3 atom stereocenters. The summed E-state index contributed by atoms with van der Waals surface area (Å²) < 4.78 is 37.6. The maximum Gasteiger partial charge on any atom is 0.202 e. The zero-order valence-corrected chi connectivity index (χ0v) is 14.4. The highest BCUT2D eigenvalue weighted by molar-refractivity contribution is 7.94. The van der Waals surface area contributed by atoms with Crippen LogP contribution in [0.5, 0.6) is 0 Å². The summed E-state index contributed by atoms with van der Waals surface area (Å²) >= 11 is 0. The first kappa shape index (κ1) is 16.9. The molecule has 9 nitrogen and oxygen atoms in total. The van der Waals surface area contributed by atoms with E-state index in [0.29, 0.717) is 25.1 Å². The van der Waals surface area contributed by atoms with E-state index in [-0.39, 0.29) is 34.5 Å². The Hall–Kier alpha value is -2.53. The number of nitrogens with one attached hydrogen (secondary N) is 3. The van der Waals surface area contributed by atoms with Crippen LogP contribution in [-0.4, -0.2) is 43.1 Å². The van der Waals surface area contributed by atoms with Gasteiger partial charge in [0.05, 0.1) is 11.3 Å². The van der Waals surface area contributed by atoms with Crippen molar-refractivity contribution < 1.29 is 18.4 Å². The summed E-state index contributed by atoms with van der Waals surface area (Å²) in [5.41, 5.74) is 3.90. The monoisotopic (exact) mass is 380 g/mol. The molecule has 0 radical (unpaired) electrons. The van der Waals surface area contributed by atoms with Crippen molar-refractivity contribution in [3.63, 3.8) is 0 Å². The maximum atomic E-state index is 13.4. The van der Waals surface area contributed by atoms with Crippen LogP contribution in [0.4, 0.5) is 10.2 Å². The van der Waals surface area contributed by atoms with Gasteiger partial charge in [-0.05, 0) is 46.4 Å². The van der Waals surface area contributed by atoms with E-state index in [9.17, 15) is 13.8 Å². The quantitative estimate of drug-likeness (QED) is 0.350. The van der Waals surface area contributed by atoms with Gasteiger partial charge in [-0.2, -0.15) is 0 Å². The molecule has 4 N–H and O–H groups in total. The molecule has 1 unspecified atom stereocenters. The molecule has 2 heterocycles. The standard InChI is InChI=1S/C15H17FN6O3S/c16-9-2-1-8-5-12(11(8)6-9)19-15(20-23)13-14(22-25-21-13)18-7-10-3-4-26(10,17)24/h1-2,6,10,12,17,23H,3-5,7H2,(H,18,22)(H,19,20)/t10-,12+,26?/m1/s1. The third kappa shape index (κ3) is 2.92. The zero-order valence-electron chi connectivity index (χ0n) is 13.6. The third-order valence-electron chi connectivity index (χ3n) is 4.76. The predicted molar refractivity (Wildman–Crippen MR) is 91.2 cm³/mol. The Kier molecular flexibility index (Phi) is 4.11. The second-order valence-corrected chi connectivity index (χ2v) is 8.86. The predicted octanol–water partition coefficient (Wildman–Crippen LogP) is 1.46. The lowest BCUT2D eigenvalue weighted by atomic mass is 9.83. The number of amidine groups is 1. The topological polar surface area (TPSA) is 136 Å². The first-order valence-corrected chi connectivity index (χ1v) is 9.85. The highest BCUT2D eigenvalue weighted by atomic mass is 32.2.